The van der Waals surface area contributed by atoms with Crippen LogP contribution in [0.2, 0.25) is 0 Å². The monoisotopic (exact) mass is 218 g/mol. The van der Waals surface area contributed by atoms with E-state index in [9.17, 15) is 4.39 Å². The van der Waals surface area contributed by atoms with Crippen LogP contribution in [0.5, 0.6) is 0 Å². The quantitative estimate of drug-likeness (QED) is 0.784. The van der Waals surface area contributed by atoms with Crippen LogP contribution in [0.1, 0.15) is 18.7 Å². The lowest BCUT2D eigenvalue weighted by Crippen LogP contribution is -2.08. The van der Waals surface area contributed by atoms with E-state index >= 15 is 0 Å². The molecule has 0 aliphatic rings. The normalized spacial score (nSPS) is 13.1. The highest BCUT2D eigenvalue weighted by Gasteiger charge is 2.06. The fraction of sp³-hybridized carbons (Fsp3) is 0.286. The van der Waals surface area contributed by atoms with Crippen LogP contribution in [-0.2, 0) is 0 Å². The molecule has 4 heteroatoms. The van der Waals surface area contributed by atoms with Gasteiger partial charge in [-0.3, -0.25) is 4.98 Å². The number of hydrogen-bond donors (Lipinski definition) is 1. The molecular weight excluding hydrogens is 211 g/mol. The van der Waals surface area contributed by atoms with E-state index < -0.39 is 0 Å². The Hall–Kier alpha value is -0.480. The Labute approximate surface area is 72.8 Å². The Kier molecular flexibility index (Phi) is 2.57. The summed E-state index contributed by atoms with van der Waals surface area (Å²) in [4.78, 5) is 3.83. The molecule has 2 N–H and O–H groups in total. The lowest BCUT2D eigenvalue weighted by molar-refractivity contribution is 0.614. The molecule has 1 atom stereocenters. The molecule has 0 fully saturated rings. The average molecular weight is 219 g/mol. The van der Waals surface area contributed by atoms with Gasteiger partial charge in [0.2, 0.25) is 0 Å². The second-order valence-corrected chi connectivity index (χ2v) is 3.16. The predicted molar refractivity (Wildman–Crippen MR) is 44.5 cm³/mol. The third-order valence-electron chi connectivity index (χ3n) is 1.27. The van der Waals surface area contributed by atoms with Crippen molar-refractivity contribution >= 4 is 15.9 Å². The van der Waals surface area contributed by atoms with Gasteiger partial charge < -0.3 is 5.73 Å². The number of aromatic nitrogens is 1. The third-order valence-corrected chi connectivity index (χ3v) is 1.90. The summed E-state index contributed by atoms with van der Waals surface area (Å²) in [5, 5.41) is 0. The maximum Gasteiger partial charge on any atom is 0.142 e. The molecule has 1 aromatic heterocycles. The highest BCUT2D eigenvalue weighted by Crippen LogP contribution is 2.19. The first-order valence-electron chi connectivity index (χ1n) is 3.18. The Morgan fingerprint density at radius 2 is 2.36 bits per heavy atom. The van der Waals surface area contributed by atoms with Crippen LogP contribution in [0.15, 0.2) is 16.7 Å². The molecule has 1 heterocycles. The van der Waals surface area contributed by atoms with Crippen LogP contribution in [0.4, 0.5) is 4.39 Å². The zero-order chi connectivity index (χ0) is 8.43. The highest BCUT2D eigenvalue weighted by atomic mass is 79.9. The van der Waals surface area contributed by atoms with Crippen molar-refractivity contribution in [2.75, 3.05) is 0 Å². The molecule has 0 spiro atoms. The third kappa shape index (κ3) is 1.97. The number of nitrogens with zero attached hydrogens (tertiary/aromatic N) is 1. The van der Waals surface area contributed by atoms with Gasteiger partial charge in [-0.15, -0.1) is 0 Å². The minimum atomic E-state index is -0.360. The van der Waals surface area contributed by atoms with Gasteiger partial charge in [0.15, 0.2) is 0 Å². The van der Waals surface area contributed by atoms with E-state index in [1.807, 2.05) is 0 Å². The van der Waals surface area contributed by atoms with E-state index in [-0.39, 0.29) is 11.9 Å². The Morgan fingerprint density at radius 3 is 2.82 bits per heavy atom. The summed E-state index contributed by atoms with van der Waals surface area (Å²) in [7, 11) is 0. The van der Waals surface area contributed by atoms with E-state index in [0.29, 0.717) is 10.2 Å². The van der Waals surface area contributed by atoms with Crippen molar-refractivity contribution in [3.63, 3.8) is 0 Å². The summed E-state index contributed by atoms with van der Waals surface area (Å²) in [6, 6.07) is 1.18. The summed E-state index contributed by atoms with van der Waals surface area (Å²) >= 11 is 3.17. The zero-order valence-electron chi connectivity index (χ0n) is 6.01. The van der Waals surface area contributed by atoms with Gasteiger partial charge >= 0.3 is 0 Å². The fourth-order valence-electron chi connectivity index (χ4n) is 0.760. The Balaban J connectivity index is 3.09. The van der Waals surface area contributed by atoms with Crippen molar-refractivity contribution in [2.45, 2.75) is 13.0 Å². The molecule has 60 valence electrons. The summed E-state index contributed by atoms with van der Waals surface area (Å²) < 4.78 is 13.1. The van der Waals surface area contributed by atoms with Gasteiger partial charge in [0.05, 0.1) is 11.9 Å². The van der Waals surface area contributed by atoms with Gasteiger partial charge in [0, 0.05) is 10.5 Å². The maximum absolute atomic E-state index is 12.5. The number of rotatable bonds is 1. The fourth-order valence-corrected chi connectivity index (χ4v) is 1.44. The van der Waals surface area contributed by atoms with Gasteiger partial charge in [-0.05, 0) is 28.9 Å². The second-order valence-electron chi connectivity index (χ2n) is 2.31. The first-order valence-corrected chi connectivity index (χ1v) is 3.97. The van der Waals surface area contributed by atoms with Gasteiger partial charge in [-0.2, -0.15) is 0 Å². The minimum Gasteiger partial charge on any atom is -0.323 e. The van der Waals surface area contributed by atoms with Crippen LogP contribution >= 0.6 is 15.9 Å². The molecule has 0 saturated carbocycles. The molecule has 2 nitrogen and oxygen atoms in total. The van der Waals surface area contributed by atoms with Crippen LogP contribution in [0.3, 0.4) is 0 Å². The minimum absolute atomic E-state index is 0.176. The van der Waals surface area contributed by atoms with Gasteiger partial charge in [0.1, 0.15) is 5.82 Å². The molecule has 0 aliphatic carbocycles. The van der Waals surface area contributed by atoms with E-state index in [2.05, 4.69) is 20.9 Å². The molecule has 11 heavy (non-hydrogen) atoms. The largest absolute Gasteiger partial charge is 0.323 e. The molecular formula is C7H8BrFN2. The lowest BCUT2D eigenvalue weighted by atomic mass is 10.2. The molecule has 1 aromatic rings. The van der Waals surface area contributed by atoms with Crippen LogP contribution < -0.4 is 5.73 Å². The molecule has 0 amide bonds. The molecule has 0 aromatic carbocycles. The summed E-state index contributed by atoms with van der Waals surface area (Å²) in [6.07, 6.45) is 1.16. The molecule has 1 rings (SSSR count). The smallest absolute Gasteiger partial charge is 0.142 e. The summed E-state index contributed by atoms with van der Waals surface area (Å²) in [5.74, 6) is -0.360. The van der Waals surface area contributed by atoms with Gasteiger partial charge in [0.25, 0.3) is 0 Å². The van der Waals surface area contributed by atoms with E-state index in [1.54, 1.807) is 6.92 Å². The molecule has 1 unspecified atom stereocenters. The van der Waals surface area contributed by atoms with Crippen molar-refractivity contribution in [2.24, 2.45) is 5.73 Å². The van der Waals surface area contributed by atoms with E-state index in [4.69, 9.17) is 5.73 Å². The van der Waals surface area contributed by atoms with Crippen molar-refractivity contribution in [1.82, 2.24) is 4.98 Å². The van der Waals surface area contributed by atoms with Crippen molar-refractivity contribution in [1.29, 1.82) is 0 Å². The molecule has 0 bridgehead atoms. The van der Waals surface area contributed by atoms with Gasteiger partial charge in [-0.1, -0.05) is 0 Å². The maximum atomic E-state index is 12.5. The number of hydrogen-bond acceptors (Lipinski definition) is 2. The molecule has 0 saturated heterocycles. The SMILES string of the molecule is CC(N)c1ncc(F)cc1Br. The number of nitrogens with two attached hydrogens (primary N) is 1. The van der Waals surface area contributed by atoms with Crippen LogP contribution in [0.25, 0.3) is 0 Å². The van der Waals surface area contributed by atoms with Gasteiger partial charge in [-0.25, -0.2) is 4.39 Å². The Morgan fingerprint density at radius 1 is 1.73 bits per heavy atom. The first kappa shape index (κ1) is 8.62. The lowest BCUT2D eigenvalue weighted by Gasteiger charge is -2.05. The highest BCUT2D eigenvalue weighted by molar-refractivity contribution is 9.10. The second kappa shape index (κ2) is 3.28. The average Bonchev–Trinajstić information content (AvgIpc) is 1.85. The summed E-state index contributed by atoms with van der Waals surface area (Å²) in [6.45, 7) is 1.80. The number of halogens is 2. The van der Waals surface area contributed by atoms with Crippen molar-refractivity contribution < 1.29 is 4.39 Å². The standard InChI is InChI=1S/C7H8BrFN2/c1-4(10)7-6(8)2-5(9)3-11-7/h2-4H,10H2,1H3. The number of pyridine rings is 1. The molecule has 0 aliphatic heterocycles. The van der Waals surface area contributed by atoms with Crippen molar-refractivity contribution in [3.05, 3.63) is 28.2 Å². The first-order chi connectivity index (χ1) is 5.11. The molecule has 0 radical (unpaired) electrons. The van der Waals surface area contributed by atoms with Crippen molar-refractivity contribution in [3.8, 4) is 0 Å². The van der Waals surface area contributed by atoms with Crippen LogP contribution in [0, 0.1) is 5.82 Å². The predicted octanol–water partition coefficient (Wildman–Crippen LogP) is 2.00. The Bertz CT molecular complexity index is 263. The summed E-state index contributed by atoms with van der Waals surface area (Å²) in [5.41, 5.74) is 6.22. The zero-order valence-corrected chi connectivity index (χ0v) is 7.60. The van der Waals surface area contributed by atoms with E-state index in [0.717, 1.165) is 6.20 Å². The topological polar surface area (TPSA) is 38.9 Å². The van der Waals surface area contributed by atoms with Crippen LogP contribution in [-0.4, -0.2) is 4.98 Å². The van der Waals surface area contributed by atoms with E-state index in [1.165, 1.54) is 6.07 Å².